The highest BCUT2D eigenvalue weighted by Gasteiger charge is 2.24. The highest BCUT2D eigenvalue weighted by Crippen LogP contribution is 2.28. The van der Waals surface area contributed by atoms with Crippen molar-refractivity contribution in [3.63, 3.8) is 0 Å². The first kappa shape index (κ1) is 11.7. The van der Waals surface area contributed by atoms with Crippen LogP contribution in [0.4, 0.5) is 0 Å². The van der Waals surface area contributed by atoms with Crippen molar-refractivity contribution in [2.45, 2.75) is 44.2 Å². The Balaban J connectivity index is 1.62. The van der Waals surface area contributed by atoms with E-state index in [-0.39, 0.29) is 5.91 Å². The largest absolute Gasteiger partial charge is 0.352 e. The summed E-state index contributed by atoms with van der Waals surface area (Å²) >= 11 is 0. The van der Waals surface area contributed by atoms with Gasteiger partial charge in [0, 0.05) is 36.9 Å². The molecule has 0 spiro atoms. The molecule has 2 atom stereocenters. The lowest BCUT2D eigenvalue weighted by atomic mass is 9.91. The van der Waals surface area contributed by atoms with Crippen LogP contribution in [0, 0.1) is 0 Å². The zero-order valence-electron chi connectivity index (χ0n) is 10.5. The number of fused-ring (bicyclic) bond motifs is 1. The summed E-state index contributed by atoms with van der Waals surface area (Å²) < 4.78 is 0. The summed E-state index contributed by atoms with van der Waals surface area (Å²) in [4.78, 5) is 15.6. The molecule has 1 unspecified atom stereocenters. The number of nitrogens with one attached hydrogen (secondary N) is 2. The number of carbonyl (C=O) groups is 1. The van der Waals surface area contributed by atoms with Crippen LogP contribution in [0.15, 0.2) is 18.3 Å². The van der Waals surface area contributed by atoms with Gasteiger partial charge in [0.25, 0.3) is 0 Å². The molecule has 1 aliphatic carbocycles. The van der Waals surface area contributed by atoms with Gasteiger partial charge in [0.05, 0.1) is 0 Å². The molecule has 1 fully saturated rings. The lowest BCUT2D eigenvalue weighted by Gasteiger charge is -2.26. The van der Waals surface area contributed by atoms with Gasteiger partial charge in [-0.15, -0.1) is 0 Å². The topological polar surface area (TPSA) is 54.0 Å². The van der Waals surface area contributed by atoms with Crippen LogP contribution in [-0.2, 0) is 11.2 Å². The van der Waals surface area contributed by atoms with Gasteiger partial charge in [-0.1, -0.05) is 6.07 Å². The molecule has 1 saturated heterocycles. The molecule has 4 nitrogen and oxygen atoms in total. The summed E-state index contributed by atoms with van der Waals surface area (Å²) in [6, 6.07) is 4.89. The number of hydrogen-bond donors (Lipinski definition) is 2. The zero-order valence-corrected chi connectivity index (χ0v) is 10.5. The number of aromatic nitrogens is 1. The Morgan fingerprint density at radius 2 is 2.33 bits per heavy atom. The first-order valence-corrected chi connectivity index (χ1v) is 6.79. The van der Waals surface area contributed by atoms with Crippen molar-refractivity contribution in [3.8, 4) is 0 Å². The molecule has 1 aliphatic heterocycles. The van der Waals surface area contributed by atoms with Crippen molar-refractivity contribution in [1.82, 2.24) is 15.6 Å². The summed E-state index contributed by atoms with van der Waals surface area (Å²) in [6.07, 6.45) is 6.96. The fourth-order valence-corrected chi connectivity index (χ4v) is 2.93. The smallest absolute Gasteiger partial charge is 0.220 e. The molecule has 2 heterocycles. The Bertz CT molecular complexity index is 446. The van der Waals surface area contributed by atoms with E-state index < -0.39 is 0 Å². The highest BCUT2D eigenvalue weighted by atomic mass is 16.1. The summed E-state index contributed by atoms with van der Waals surface area (Å²) in [5.74, 6) is 0.188. The Morgan fingerprint density at radius 3 is 3.17 bits per heavy atom. The molecule has 2 N–H and O–H groups in total. The number of hydrogen-bond acceptors (Lipinski definition) is 3. The number of aryl methyl sites for hydroxylation is 1. The predicted molar refractivity (Wildman–Crippen MR) is 69.1 cm³/mol. The standard InChI is InChI=1S/C14H19N3O/c18-14-7-6-10(17-14)9-16-13-5-1-4-12-11(13)3-2-8-15-12/h2-3,8,10,13,16H,1,4-7,9H2,(H,17,18)/t10-,13?/m0/s1. The van der Waals surface area contributed by atoms with E-state index in [9.17, 15) is 4.79 Å². The molecule has 2 aliphatic rings. The molecule has 3 rings (SSSR count). The van der Waals surface area contributed by atoms with E-state index in [0.29, 0.717) is 18.5 Å². The van der Waals surface area contributed by atoms with Crippen LogP contribution in [0.1, 0.15) is 43.0 Å². The van der Waals surface area contributed by atoms with Crippen LogP contribution in [0.3, 0.4) is 0 Å². The van der Waals surface area contributed by atoms with Gasteiger partial charge in [-0.25, -0.2) is 0 Å². The maximum atomic E-state index is 11.2. The monoisotopic (exact) mass is 245 g/mol. The van der Waals surface area contributed by atoms with Crippen LogP contribution in [0.25, 0.3) is 0 Å². The van der Waals surface area contributed by atoms with Crippen molar-refractivity contribution in [2.75, 3.05) is 6.54 Å². The molecule has 4 heteroatoms. The molecular weight excluding hydrogens is 226 g/mol. The Hall–Kier alpha value is -1.42. The minimum atomic E-state index is 0.188. The number of rotatable bonds is 3. The molecular formula is C14H19N3O. The fraction of sp³-hybridized carbons (Fsp3) is 0.571. The molecule has 96 valence electrons. The molecule has 0 radical (unpaired) electrons. The SMILES string of the molecule is O=C1CC[C@@H](CNC2CCCc3ncccc32)N1. The second-order valence-electron chi connectivity index (χ2n) is 5.20. The average molecular weight is 245 g/mol. The van der Waals surface area contributed by atoms with Gasteiger partial charge >= 0.3 is 0 Å². The van der Waals surface area contributed by atoms with Crippen molar-refractivity contribution >= 4 is 5.91 Å². The maximum absolute atomic E-state index is 11.2. The van der Waals surface area contributed by atoms with Crippen LogP contribution in [0.5, 0.6) is 0 Å². The average Bonchev–Trinajstić information content (AvgIpc) is 2.82. The lowest BCUT2D eigenvalue weighted by molar-refractivity contribution is -0.119. The van der Waals surface area contributed by atoms with E-state index in [4.69, 9.17) is 0 Å². The van der Waals surface area contributed by atoms with E-state index in [2.05, 4.69) is 21.7 Å². The minimum Gasteiger partial charge on any atom is -0.352 e. The first-order chi connectivity index (χ1) is 8.83. The van der Waals surface area contributed by atoms with Crippen LogP contribution in [-0.4, -0.2) is 23.5 Å². The molecule has 0 bridgehead atoms. The van der Waals surface area contributed by atoms with Gasteiger partial charge < -0.3 is 10.6 Å². The zero-order chi connectivity index (χ0) is 12.4. The number of pyridine rings is 1. The van der Waals surface area contributed by atoms with Crippen molar-refractivity contribution < 1.29 is 4.79 Å². The highest BCUT2D eigenvalue weighted by molar-refractivity contribution is 5.78. The Kier molecular flexibility index (Phi) is 3.28. The molecule has 0 saturated carbocycles. The molecule has 18 heavy (non-hydrogen) atoms. The van der Waals surface area contributed by atoms with Gasteiger partial charge in [-0.05, 0) is 37.3 Å². The lowest BCUT2D eigenvalue weighted by Crippen LogP contribution is -2.38. The number of amides is 1. The van der Waals surface area contributed by atoms with Crippen LogP contribution in [0.2, 0.25) is 0 Å². The summed E-state index contributed by atoms with van der Waals surface area (Å²) in [6.45, 7) is 0.866. The van der Waals surface area contributed by atoms with Crippen molar-refractivity contribution in [1.29, 1.82) is 0 Å². The molecule has 1 aromatic rings. The minimum absolute atomic E-state index is 0.188. The first-order valence-electron chi connectivity index (χ1n) is 6.79. The van der Waals surface area contributed by atoms with Crippen molar-refractivity contribution in [3.05, 3.63) is 29.6 Å². The van der Waals surface area contributed by atoms with E-state index in [1.807, 2.05) is 12.3 Å². The normalized spacial score (nSPS) is 26.8. The fourth-order valence-electron chi connectivity index (χ4n) is 2.93. The van der Waals surface area contributed by atoms with Gasteiger partial charge in [0.1, 0.15) is 0 Å². The summed E-state index contributed by atoms with van der Waals surface area (Å²) in [7, 11) is 0. The van der Waals surface area contributed by atoms with Gasteiger partial charge in [0.15, 0.2) is 0 Å². The van der Waals surface area contributed by atoms with Gasteiger partial charge in [-0.3, -0.25) is 9.78 Å². The second-order valence-corrected chi connectivity index (χ2v) is 5.20. The third-order valence-corrected chi connectivity index (χ3v) is 3.90. The Labute approximate surface area is 107 Å². The van der Waals surface area contributed by atoms with E-state index >= 15 is 0 Å². The van der Waals surface area contributed by atoms with E-state index in [0.717, 1.165) is 19.4 Å². The molecule has 1 amide bonds. The van der Waals surface area contributed by atoms with Crippen LogP contribution >= 0.6 is 0 Å². The molecule has 1 aromatic heterocycles. The van der Waals surface area contributed by atoms with E-state index in [1.165, 1.54) is 24.1 Å². The summed E-state index contributed by atoms with van der Waals surface area (Å²) in [5, 5.41) is 6.59. The van der Waals surface area contributed by atoms with Gasteiger partial charge in [0.2, 0.25) is 5.91 Å². The second kappa shape index (κ2) is 5.06. The third-order valence-electron chi connectivity index (χ3n) is 3.90. The predicted octanol–water partition coefficient (Wildman–Crippen LogP) is 1.33. The Morgan fingerprint density at radius 1 is 1.39 bits per heavy atom. The van der Waals surface area contributed by atoms with Crippen LogP contribution < -0.4 is 10.6 Å². The maximum Gasteiger partial charge on any atom is 0.220 e. The quantitative estimate of drug-likeness (QED) is 0.844. The van der Waals surface area contributed by atoms with Crippen molar-refractivity contribution in [2.24, 2.45) is 0 Å². The number of carbonyl (C=O) groups excluding carboxylic acids is 1. The third kappa shape index (κ3) is 2.38. The molecule has 0 aromatic carbocycles. The van der Waals surface area contributed by atoms with E-state index in [1.54, 1.807) is 0 Å². The number of nitrogens with zero attached hydrogens (tertiary/aromatic N) is 1. The summed E-state index contributed by atoms with van der Waals surface area (Å²) in [5.41, 5.74) is 2.57. The van der Waals surface area contributed by atoms with Gasteiger partial charge in [-0.2, -0.15) is 0 Å².